The minimum absolute atomic E-state index is 0.175. The monoisotopic (exact) mass is 293 g/mol. The molecule has 22 heavy (non-hydrogen) atoms. The third-order valence-electron chi connectivity index (χ3n) is 4.45. The summed E-state index contributed by atoms with van der Waals surface area (Å²) >= 11 is 0. The van der Waals surface area contributed by atoms with Crippen molar-refractivity contribution in [3.63, 3.8) is 0 Å². The number of aryl methyl sites for hydroxylation is 1. The predicted octanol–water partition coefficient (Wildman–Crippen LogP) is 3.35. The summed E-state index contributed by atoms with van der Waals surface area (Å²) in [6.07, 6.45) is 0. The molecule has 2 heterocycles. The van der Waals surface area contributed by atoms with Crippen LogP contribution in [0.5, 0.6) is 0 Å². The molecule has 1 aromatic heterocycles. The molecule has 1 unspecified atom stereocenters. The number of benzene rings is 2. The molecule has 1 aliphatic rings. The lowest BCUT2D eigenvalue weighted by Crippen LogP contribution is -2.45. The fraction of sp³-hybridized carbons (Fsp3) is 0.176. The number of hydrogen-bond acceptors (Lipinski definition) is 3. The number of nitro groups is 1. The Kier molecular flexibility index (Phi) is 2.54. The molecule has 0 bridgehead atoms. The van der Waals surface area contributed by atoms with Gasteiger partial charge in [0, 0.05) is 16.8 Å². The zero-order chi connectivity index (χ0) is 15.3. The Morgan fingerprint density at radius 1 is 1.18 bits per heavy atom. The zero-order valence-corrected chi connectivity index (χ0v) is 12.1. The minimum Gasteiger partial charge on any atom is -0.375 e. The number of hydrogen-bond donors (Lipinski definition) is 1. The van der Waals surface area contributed by atoms with Crippen molar-refractivity contribution in [3.05, 3.63) is 76.0 Å². The Morgan fingerprint density at radius 2 is 1.91 bits per heavy atom. The highest BCUT2D eigenvalue weighted by atomic mass is 16.6. The normalized spacial score (nSPS) is 19.9. The van der Waals surface area contributed by atoms with Crippen LogP contribution < -0.4 is 5.32 Å². The van der Waals surface area contributed by atoms with Gasteiger partial charge in [-0.25, -0.2) is 0 Å². The Labute approximate surface area is 127 Å². The van der Waals surface area contributed by atoms with Crippen molar-refractivity contribution in [2.75, 3.05) is 11.9 Å². The zero-order valence-electron chi connectivity index (χ0n) is 12.1. The Bertz CT molecular complexity index is 900. The van der Waals surface area contributed by atoms with Crippen LogP contribution in [-0.2, 0) is 5.66 Å². The topological polar surface area (TPSA) is 60.1 Å². The lowest BCUT2D eigenvalue weighted by molar-refractivity contribution is -0.581. The van der Waals surface area contributed by atoms with Crippen molar-refractivity contribution in [1.29, 1.82) is 0 Å². The number of nitrogens with one attached hydrogen (secondary N) is 1. The van der Waals surface area contributed by atoms with E-state index in [1.807, 2.05) is 66.1 Å². The molecule has 0 amide bonds. The number of aromatic nitrogens is 1. The number of anilines is 1. The summed E-state index contributed by atoms with van der Waals surface area (Å²) in [5.41, 5.74) is 2.01. The van der Waals surface area contributed by atoms with Crippen molar-refractivity contribution in [1.82, 2.24) is 4.57 Å². The first-order valence-electron chi connectivity index (χ1n) is 7.20. The van der Waals surface area contributed by atoms with Crippen molar-refractivity contribution < 1.29 is 4.92 Å². The van der Waals surface area contributed by atoms with Crippen LogP contribution in [0.1, 0.15) is 11.3 Å². The Balaban J connectivity index is 2.10. The van der Waals surface area contributed by atoms with Crippen molar-refractivity contribution in [2.45, 2.75) is 12.6 Å². The van der Waals surface area contributed by atoms with Gasteiger partial charge in [-0.15, -0.1) is 0 Å². The lowest BCUT2D eigenvalue weighted by atomic mass is 10.0. The highest BCUT2D eigenvalue weighted by Gasteiger charge is 2.53. The van der Waals surface area contributed by atoms with E-state index in [0.717, 1.165) is 22.3 Å². The maximum atomic E-state index is 12.1. The Morgan fingerprint density at radius 3 is 2.73 bits per heavy atom. The third-order valence-corrected chi connectivity index (χ3v) is 4.45. The van der Waals surface area contributed by atoms with Crippen LogP contribution in [0, 0.1) is 17.0 Å². The van der Waals surface area contributed by atoms with E-state index in [4.69, 9.17) is 0 Å². The van der Waals surface area contributed by atoms with E-state index in [9.17, 15) is 10.1 Å². The number of fused-ring (bicyclic) bond motifs is 2. The third kappa shape index (κ3) is 1.48. The summed E-state index contributed by atoms with van der Waals surface area (Å²) in [5, 5.41) is 16.3. The molecule has 4 rings (SSSR count). The van der Waals surface area contributed by atoms with Gasteiger partial charge < -0.3 is 5.32 Å². The first-order chi connectivity index (χ1) is 10.6. The van der Waals surface area contributed by atoms with Gasteiger partial charge in [-0.1, -0.05) is 30.3 Å². The van der Waals surface area contributed by atoms with Crippen LogP contribution >= 0.6 is 0 Å². The van der Waals surface area contributed by atoms with Crippen LogP contribution in [0.15, 0.2) is 54.6 Å². The van der Waals surface area contributed by atoms with Crippen LogP contribution in [0.3, 0.4) is 0 Å². The molecule has 0 saturated carbocycles. The van der Waals surface area contributed by atoms with E-state index in [1.54, 1.807) is 0 Å². The fourth-order valence-electron chi connectivity index (χ4n) is 3.53. The molecule has 0 fully saturated rings. The quantitative estimate of drug-likeness (QED) is 0.582. The summed E-state index contributed by atoms with van der Waals surface area (Å²) in [6.45, 7) is 2.17. The molecule has 5 heteroatoms. The average Bonchev–Trinajstić information content (AvgIpc) is 3.05. The second kappa shape index (κ2) is 4.34. The molecule has 1 atom stereocenters. The van der Waals surface area contributed by atoms with Crippen LogP contribution in [0.4, 0.5) is 5.69 Å². The van der Waals surface area contributed by atoms with Gasteiger partial charge in [-0.05, 0) is 31.2 Å². The van der Waals surface area contributed by atoms with Gasteiger partial charge in [-0.3, -0.25) is 14.7 Å². The molecular weight excluding hydrogens is 278 g/mol. The van der Waals surface area contributed by atoms with E-state index < -0.39 is 5.66 Å². The highest BCUT2D eigenvalue weighted by molar-refractivity contribution is 5.82. The second-order valence-corrected chi connectivity index (χ2v) is 5.65. The van der Waals surface area contributed by atoms with E-state index in [-0.39, 0.29) is 11.5 Å². The second-order valence-electron chi connectivity index (χ2n) is 5.65. The summed E-state index contributed by atoms with van der Waals surface area (Å²) in [4.78, 5) is 11.9. The van der Waals surface area contributed by atoms with Crippen molar-refractivity contribution >= 4 is 16.6 Å². The van der Waals surface area contributed by atoms with Gasteiger partial charge in [0.2, 0.25) is 0 Å². The number of rotatable bonds is 2. The SMILES string of the molecule is Cc1cc2ccccc2n1C1([N+](=O)[O-])CNc2ccccc21. The summed E-state index contributed by atoms with van der Waals surface area (Å²) in [5.74, 6) is 0. The van der Waals surface area contributed by atoms with Gasteiger partial charge in [0.05, 0.1) is 16.0 Å². The van der Waals surface area contributed by atoms with Crippen molar-refractivity contribution in [3.8, 4) is 0 Å². The summed E-state index contributed by atoms with van der Waals surface area (Å²) < 4.78 is 1.85. The van der Waals surface area contributed by atoms with Gasteiger partial charge in [0.15, 0.2) is 0 Å². The molecule has 110 valence electrons. The lowest BCUT2D eigenvalue weighted by Gasteiger charge is -2.24. The highest BCUT2D eigenvalue weighted by Crippen LogP contribution is 2.41. The molecular formula is C17H15N3O2. The molecule has 1 aliphatic heterocycles. The van der Waals surface area contributed by atoms with E-state index in [1.165, 1.54) is 0 Å². The first-order valence-corrected chi connectivity index (χ1v) is 7.20. The molecule has 0 spiro atoms. The maximum absolute atomic E-state index is 12.1. The molecule has 0 radical (unpaired) electrons. The van der Waals surface area contributed by atoms with E-state index >= 15 is 0 Å². The predicted molar refractivity (Wildman–Crippen MR) is 85.7 cm³/mol. The molecule has 2 aromatic carbocycles. The fourth-order valence-corrected chi connectivity index (χ4v) is 3.53. The minimum atomic E-state index is -1.30. The largest absolute Gasteiger partial charge is 0.375 e. The smallest absolute Gasteiger partial charge is 0.345 e. The standard InChI is InChI=1S/C17H15N3O2/c1-12-10-13-6-2-5-9-16(13)19(12)17(20(21)22)11-18-15-8-4-3-7-14(15)17/h2-10,18H,11H2,1H3. The maximum Gasteiger partial charge on any atom is 0.345 e. The molecule has 3 aromatic rings. The number of para-hydroxylation sites is 2. The summed E-state index contributed by atoms with van der Waals surface area (Å²) in [6, 6.07) is 17.3. The first kappa shape index (κ1) is 12.9. The van der Waals surface area contributed by atoms with Crippen LogP contribution in [0.2, 0.25) is 0 Å². The summed E-state index contributed by atoms with van der Waals surface area (Å²) in [7, 11) is 0. The average molecular weight is 293 g/mol. The van der Waals surface area contributed by atoms with Gasteiger partial charge >= 0.3 is 5.66 Å². The number of nitrogens with zero attached hydrogens (tertiary/aromatic N) is 2. The van der Waals surface area contributed by atoms with Gasteiger partial charge in [0.1, 0.15) is 6.54 Å². The molecule has 5 nitrogen and oxygen atoms in total. The molecule has 0 aliphatic carbocycles. The van der Waals surface area contributed by atoms with Crippen LogP contribution in [-0.4, -0.2) is 16.0 Å². The van der Waals surface area contributed by atoms with Gasteiger partial charge in [0.25, 0.3) is 0 Å². The van der Waals surface area contributed by atoms with Gasteiger partial charge in [-0.2, -0.15) is 0 Å². The van der Waals surface area contributed by atoms with E-state index in [2.05, 4.69) is 5.32 Å². The van der Waals surface area contributed by atoms with E-state index in [0.29, 0.717) is 5.56 Å². The molecule has 0 saturated heterocycles. The Hall–Kier alpha value is -2.82. The van der Waals surface area contributed by atoms with Crippen LogP contribution in [0.25, 0.3) is 10.9 Å². The van der Waals surface area contributed by atoms with Crippen molar-refractivity contribution in [2.24, 2.45) is 0 Å². The molecule has 1 N–H and O–H groups in total.